The van der Waals surface area contributed by atoms with Gasteiger partial charge in [-0.15, -0.1) is 0 Å². The van der Waals surface area contributed by atoms with Crippen molar-refractivity contribution >= 4 is 55.2 Å². The topological polar surface area (TPSA) is 17.1 Å². The van der Waals surface area contributed by atoms with Gasteiger partial charge in [0, 0.05) is 5.92 Å². The second-order valence-corrected chi connectivity index (χ2v) is 3.27. The summed E-state index contributed by atoms with van der Waals surface area (Å²) in [4.78, 5) is 10.2. The van der Waals surface area contributed by atoms with E-state index in [1.54, 1.807) is 0 Å². The van der Waals surface area contributed by atoms with Crippen LogP contribution in [0.25, 0.3) is 0 Å². The van der Waals surface area contributed by atoms with Crippen LogP contribution >= 0.6 is 0 Å². The molecule has 1 nitrogen and oxygen atoms in total. The van der Waals surface area contributed by atoms with E-state index in [9.17, 15) is 4.79 Å². The Labute approximate surface area is 110 Å². The quantitative estimate of drug-likeness (QED) is 0.552. The van der Waals surface area contributed by atoms with Gasteiger partial charge in [0.05, 0.1) is 0 Å². The summed E-state index contributed by atoms with van der Waals surface area (Å²) in [5.41, 5.74) is 0. The Balaban J connectivity index is 0. The molecule has 0 amide bonds. The van der Waals surface area contributed by atoms with Gasteiger partial charge in [-0.3, -0.25) is 0 Å². The predicted molar refractivity (Wildman–Crippen MR) is 52.1 cm³/mol. The maximum atomic E-state index is 10.2. The number of rotatable bonds is 5. The Morgan fingerprint density at radius 3 is 2.09 bits per heavy atom. The van der Waals surface area contributed by atoms with Crippen molar-refractivity contribution in [1.29, 1.82) is 0 Å². The zero-order valence-electron chi connectivity index (χ0n) is 7.13. The van der Waals surface area contributed by atoms with Crippen LogP contribution in [0.15, 0.2) is 0 Å². The van der Waals surface area contributed by atoms with Gasteiger partial charge in [-0.1, -0.05) is 20.8 Å². The van der Waals surface area contributed by atoms with Crippen LogP contribution in [-0.2, 0) is 4.79 Å². The molecule has 0 bridgehead atoms. The van der Waals surface area contributed by atoms with Crippen LogP contribution < -0.4 is 0 Å². The fourth-order valence-corrected chi connectivity index (χ4v) is 0.748. The van der Waals surface area contributed by atoms with Crippen LogP contribution in [0.3, 0.4) is 0 Å². The van der Waals surface area contributed by atoms with Crippen LogP contribution in [0.1, 0.15) is 33.6 Å². The second kappa shape index (κ2) is 9.33. The van der Waals surface area contributed by atoms with Crippen molar-refractivity contribution in [2.75, 3.05) is 0 Å². The minimum atomic E-state index is 0. The fraction of sp³-hybridized carbons (Fsp3) is 0.778. The molecule has 0 saturated heterocycles. The molecular weight excluding hydrogens is 261 g/mol. The Morgan fingerprint density at radius 1 is 1.18 bits per heavy atom. The molecule has 0 aromatic rings. The zero-order chi connectivity index (χ0) is 7.98. The summed E-state index contributed by atoms with van der Waals surface area (Å²) in [5.74, 6) is 0.928. The van der Waals surface area contributed by atoms with Crippen LogP contribution in [-0.4, -0.2) is 55.2 Å². The minimum absolute atomic E-state index is 0. The standard InChI is InChI=1S/C9H17O.Ba.2H/c1-8(2)5-4-6-9(3)7-10;;;/h4,7-9H,5-6H2,1-3H3;;;. The summed E-state index contributed by atoms with van der Waals surface area (Å²) < 4.78 is 0. The van der Waals surface area contributed by atoms with Crippen LogP contribution in [0, 0.1) is 18.3 Å². The normalized spacial score (nSPS) is 12.4. The molecule has 0 N–H and O–H groups in total. The Kier molecular flexibility index (Phi) is 12.5. The van der Waals surface area contributed by atoms with E-state index >= 15 is 0 Å². The number of hydrogen-bond acceptors (Lipinski definition) is 1. The summed E-state index contributed by atoms with van der Waals surface area (Å²) in [6.07, 6.45) is 5.26. The van der Waals surface area contributed by atoms with Gasteiger partial charge in [0.15, 0.2) is 0 Å². The first kappa shape index (κ1) is 14.7. The van der Waals surface area contributed by atoms with Crippen molar-refractivity contribution in [2.24, 2.45) is 11.8 Å². The molecule has 1 radical (unpaired) electrons. The van der Waals surface area contributed by atoms with Crippen molar-refractivity contribution in [2.45, 2.75) is 33.6 Å². The average Bonchev–Trinajstić information content (AvgIpc) is 1.87. The van der Waals surface area contributed by atoms with E-state index in [0.29, 0.717) is 0 Å². The molecule has 1 unspecified atom stereocenters. The molecule has 0 aliphatic carbocycles. The number of carbonyl (C=O) groups excluding carboxylic acids is 1. The van der Waals surface area contributed by atoms with Gasteiger partial charge >= 0.3 is 48.9 Å². The maximum absolute atomic E-state index is 10.2. The van der Waals surface area contributed by atoms with Gasteiger partial charge in [0.1, 0.15) is 6.29 Å². The molecule has 0 aromatic heterocycles. The monoisotopic (exact) mass is 281 g/mol. The van der Waals surface area contributed by atoms with Crippen molar-refractivity contribution in [3.63, 3.8) is 0 Å². The molecule has 63 valence electrons. The Hall–Kier alpha value is 1.24. The molecule has 0 saturated carbocycles. The fourth-order valence-electron chi connectivity index (χ4n) is 0.748. The summed E-state index contributed by atoms with van der Waals surface area (Å²) in [6.45, 7) is 6.31. The number of hydrogen-bond donors (Lipinski definition) is 0. The summed E-state index contributed by atoms with van der Waals surface area (Å²) >= 11 is 0. The first-order valence-corrected chi connectivity index (χ1v) is 3.93. The van der Waals surface area contributed by atoms with E-state index in [1.165, 1.54) is 0 Å². The molecule has 0 spiro atoms. The van der Waals surface area contributed by atoms with Gasteiger partial charge in [-0.25, -0.2) is 0 Å². The second-order valence-electron chi connectivity index (χ2n) is 3.27. The third kappa shape index (κ3) is 11.2. The van der Waals surface area contributed by atoms with Crippen molar-refractivity contribution in [1.82, 2.24) is 0 Å². The van der Waals surface area contributed by atoms with E-state index in [1.807, 2.05) is 6.92 Å². The number of aldehydes is 1. The Morgan fingerprint density at radius 2 is 1.73 bits per heavy atom. The molecule has 0 aromatic carbocycles. The SMILES string of the molecule is CC(C)C[CH]CC(C)C=O.[BaH2]. The molecule has 0 fully saturated rings. The van der Waals surface area contributed by atoms with E-state index < -0.39 is 0 Å². The zero-order valence-corrected chi connectivity index (χ0v) is 7.13. The van der Waals surface area contributed by atoms with Crippen LogP contribution in [0.5, 0.6) is 0 Å². The van der Waals surface area contributed by atoms with Gasteiger partial charge in [-0.05, 0) is 25.2 Å². The van der Waals surface area contributed by atoms with Crippen LogP contribution in [0.4, 0.5) is 0 Å². The third-order valence-corrected chi connectivity index (χ3v) is 1.41. The molecule has 1 atom stereocenters. The van der Waals surface area contributed by atoms with Crippen molar-refractivity contribution in [3.8, 4) is 0 Å². The number of carbonyl (C=O) groups is 1. The van der Waals surface area contributed by atoms with E-state index in [4.69, 9.17) is 0 Å². The van der Waals surface area contributed by atoms with Gasteiger partial charge < -0.3 is 4.79 Å². The third-order valence-electron chi connectivity index (χ3n) is 1.41. The summed E-state index contributed by atoms with van der Waals surface area (Å²) in [5, 5.41) is 0. The molecular formula is C9H19BaO. The first-order valence-electron chi connectivity index (χ1n) is 3.93. The van der Waals surface area contributed by atoms with Crippen molar-refractivity contribution < 1.29 is 4.79 Å². The molecule has 0 aliphatic rings. The van der Waals surface area contributed by atoms with E-state index in [0.717, 1.165) is 25.0 Å². The van der Waals surface area contributed by atoms with Crippen molar-refractivity contribution in [3.05, 3.63) is 6.42 Å². The van der Waals surface area contributed by atoms with Crippen LogP contribution in [0.2, 0.25) is 0 Å². The molecule has 0 rings (SSSR count). The molecule has 0 heterocycles. The van der Waals surface area contributed by atoms with E-state index in [2.05, 4.69) is 20.3 Å². The van der Waals surface area contributed by atoms with Gasteiger partial charge in [0.2, 0.25) is 0 Å². The summed E-state index contributed by atoms with van der Waals surface area (Å²) in [7, 11) is 0. The Bertz CT molecular complexity index is 91.6. The first-order chi connectivity index (χ1) is 4.66. The van der Waals surface area contributed by atoms with Gasteiger partial charge in [-0.2, -0.15) is 0 Å². The molecule has 11 heavy (non-hydrogen) atoms. The molecule has 2 heteroatoms. The average molecular weight is 281 g/mol. The summed E-state index contributed by atoms with van der Waals surface area (Å²) in [6, 6.07) is 0. The van der Waals surface area contributed by atoms with Gasteiger partial charge in [0.25, 0.3) is 0 Å². The van der Waals surface area contributed by atoms with E-state index in [-0.39, 0.29) is 54.8 Å². The predicted octanol–water partition coefficient (Wildman–Crippen LogP) is 1.55. The molecule has 0 aliphatic heterocycles.